The van der Waals surface area contributed by atoms with Gasteiger partial charge in [0.15, 0.2) is 6.61 Å². The number of benzene rings is 1. The van der Waals surface area contributed by atoms with Gasteiger partial charge in [-0.15, -0.1) is 0 Å². The Labute approximate surface area is 141 Å². The maximum Gasteiger partial charge on any atom is 0.355 e. The Morgan fingerprint density at radius 2 is 1.88 bits per heavy atom. The molecule has 2 N–H and O–H groups in total. The minimum Gasteiger partial charge on any atom is -0.451 e. The molecule has 0 aliphatic rings. The Morgan fingerprint density at radius 1 is 1.16 bits per heavy atom. The largest absolute Gasteiger partial charge is 0.451 e. The summed E-state index contributed by atoms with van der Waals surface area (Å²) in [5.74, 6) is -1.55. The van der Waals surface area contributed by atoms with E-state index in [1.807, 2.05) is 11.1 Å². The number of carbonyl (C=O) groups excluding carboxylic acids is 2. The highest BCUT2D eigenvalue weighted by molar-refractivity contribution is 5.96. The van der Waals surface area contributed by atoms with E-state index in [-0.39, 0.29) is 18.7 Å². The number of hydrogen-bond donors (Lipinski definition) is 2. The molecule has 0 saturated carbocycles. The molecule has 0 bridgehead atoms. The van der Waals surface area contributed by atoms with Gasteiger partial charge in [-0.3, -0.25) is 14.6 Å². The SMILES string of the molecule is N#CCCN(C(=O)COC(=O)c1cc(=O)[nH]c(=O)[nH]1)c1ccccc1. The summed E-state index contributed by atoms with van der Waals surface area (Å²) in [6.45, 7) is -0.466. The summed E-state index contributed by atoms with van der Waals surface area (Å²) in [6.07, 6.45) is 0.107. The molecule has 1 aromatic heterocycles. The van der Waals surface area contributed by atoms with Crippen LogP contribution in [-0.4, -0.2) is 35.0 Å². The third-order valence-electron chi connectivity index (χ3n) is 3.12. The predicted molar refractivity (Wildman–Crippen MR) is 87.0 cm³/mol. The Kier molecular flexibility index (Phi) is 5.84. The molecular formula is C16H14N4O5. The number of rotatable bonds is 6. The molecule has 1 aromatic carbocycles. The van der Waals surface area contributed by atoms with Crippen molar-refractivity contribution in [1.82, 2.24) is 9.97 Å². The molecule has 0 aliphatic heterocycles. The summed E-state index contributed by atoms with van der Waals surface area (Å²) in [5.41, 5.74) is -1.42. The highest BCUT2D eigenvalue weighted by Gasteiger charge is 2.18. The van der Waals surface area contributed by atoms with Crippen LogP contribution in [0.5, 0.6) is 0 Å². The zero-order valence-corrected chi connectivity index (χ0v) is 13.0. The van der Waals surface area contributed by atoms with Crippen LogP contribution in [0, 0.1) is 11.3 Å². The van der Waals surface area contributed by atoms with Gasteiger partial charge >= 0.3 is 11.7 Å². The van der Waals surface area contributed by atoms with Crippen molar-refractivity contribution in [3.63, 3.8) is 0 Å². The first-order chi connectivity index (χ1) is 12.0. The van der Waals surface area contributed by atoms with E-state index in [1.54, 1.807) is 30.3 Å². The van der Waals surface area contributed by atoms with Crippen LogP contribution in [-0.2, 0) is 9.53 Å². The van der Waals surface area contributed by atoms with Crippen LogP contribution >= 0.6 is 0 Å². The third-order valence-corrected chi connectivity index (χ3v) is 3.12. The minimum absolute atomic E-state index is 0.107. The van der Waals surface area contributed by atoms with Gasteiger partial charge in [-0.05, 0) is 12.1 Å². The molecule has 0 saturated heterocycles. The summed E-state index contributed by atoms with van der Waals surface area (Å²) in [5, 5.41) is 8.72. The molecule has 2 aromatic rings. The summed E-state index contributed by atoms with van der Waals surface area (Å²) in [6, 6.07) is 11.4. The minimum atomic E-state index is -1.01. The number of aromatic amines is 2. The number of H-pyrrole nitrogens is 2. The molecule has 25 heavy (non-hydrogen) atoms. The second kappa shape index (κ2) is 8.26. The summed E-state index contributed by atoms with van der Waals surface area (Å²) in [7, 11) is 0. The highest BCUT2D eigenvalue weighted by atomic mass is 16.5. The fourth-order valence-corrected chi connectivity index (χ4v) is 2.03. The van der Waals surface area contributed by atoms with Crippen LogP contribution in [0.15, 0.2) is 46.0 Å². The second-order valence-electron chi connectivity index (χ2n) is 4.87. The molecule has 1 heterocycles. The molecule has 0 fully saturated rings. The molecule has 0 aliphatic carbocycles. The van der Waals surface area contributed by atoms with E-state index in [4.69, 9.17) is 10.00 Å². The van der Waals surface area contributed by atoms with E-state index in [0.717, 1.165) is 6.07 Å². The third kappa shape index (κ3) is 4.90. The molecule has 0 radical (unpaired) electrons. The maximum absolute atomic E-state index is 12.3. The zero-order valence-electron chi connectivity index (χ0n) is 13.0. The van der Waals surface area contributed by atoms with Crippen LogP contribution in [0.4, 0.5) is 5.69 Å². The lowest BCUT2D eigenvalue weighted by atomic mass is 10.2. The van der Waals surface area contributed by atoms with Crippen molar-refractivity contribution in [1.29, 1.82) is 5.26 Å². The van der Waals surface area contributed by atoms with E-state index in [2.05, 4.69) is 4.98 Å². The lowest BCUT2D eigenvalue weighted by molar-refractivity contribution is -0.121. The number of amides is 1. The van der Waals surface area contributed by atoms with Gasteiger partial charge in [-0.25, -0.2) is 9.59 Å². The van der Waals surface area contributed by atoms with E-state index >= 15 is 0 Å². The number of esters is 1. The van der Waals surface area contributed by atoms with Crippen LogP contribution in [0.25, 0.3) is 0 Å². The van der Waals surface area contributed by atoms with E-state index in [0.29, 0.717) is 5.69 Å². The highest BCUT2D eigenvalue weighted by Crippen LogP contribution is 2.14. The number of nitriles is 1. The zero-order chi connectivity index (χ0) is 18.2. The van der Waals surface area contributed by atoms with Crippen molar-refractivity contribution < 1.29 is 14.3 Å². The molecule has 128 valence electrons. The van der Waals surface area contributed by atoms with Gasteiger partial charge in [0.2, 0.25) is 0 Å². The quantitative estimate of drug-likeness (QED) is 0.718. The van der Waals surface area contributed by atoms with Crippen molar-refractivity contribution in [2.75, 3.05) is 18.1 Å². The maximum atomic E-state index is 12.3. The van der Waals surface area contributed by atoms with Crippen molar-refractivity contribution >= 4 is 17.6 Å². The average molecular weight is 342 g/mol. The number of aromatic nitrogens is 2. The van der Waals surface area contributed by atoms with Crippen molar-refractivity contribution in [3.8, 4) is 6.07 Å². The first kappa shape index (κ1) is 17.7. The van der Waals surface area contributed by atoms with Gasteiger partial charge in [0.1, 0.15) is 5.69 Å². The van der Waals surface area contributed by atoms with Crippen molar-refractivity contribution in [2.45, 2.75) is 6.42 Å². The summed E-state index contributed by atoms with van der Waals surface area (Å²) < 4.78 is 4.85. The first-order valence-electron chi connectivity index (χ1n) is 7.24. The summed E-state index contributed by atoms with van der Waals surface area (Å²) >= 11 is 0. The molecular weight excluding hydrogens is 328 g/mol. The second-order valence-corrected chi connectivity index (χ2v) is 4.87. The molecule has 9 heteroatoms. The Morgan fingerprint density at radius 3 is 2.52 bits per heavy atom. The van der Waals surface area contributed by atoms with Crippen LogP contribution in [0.1, 0.15) is 16.9 Å². The van der Waals surface area contributed by atoms with Crippen molar-refractivity contribution in [2.24, 2.45) is 0 Å². The Bertz CT molecular complexity index is 882. The number of nitrogens with one attached hydrogen (secondary N) is 2. The number of carbonyl (C=O) groups is 2. The van der Waals surface area contributed by atoms with Gasteiger partial charge < -0.3 is 14.6 Å². The van der Waals surface area contributed by atoms with Gasteiger partial charge in [-0.2, -0.15) is 5.26 Å². The van der Waals surface area contributed by atoms with E-state index in [9.17, 15) is 19.2 Å². The number of ether oxygens (including phenoxy) is 1. The fraction of sp³-hybridized carbons (Fsp3) is 0.188. The first-order valence-corrected chi connectivity index (χ1v) is 7.24. The van der Waals surface area contributed by atoms with Gasteiger partial charge in [0.25, 0.3) is 11.5 Å². The smallest absolute Gasteiger partial charge is 0.355 e. The molecule has 0 atom stereocenters. The fourth-order valence-electron chi connectivity index (χ4n) is 2.03. The van der Waals surface area contributed by atoms with E-state index < -0.39 is 29.7 Å². The lowest BCUT2D eigenvalue weighted by Crippen LogP contribution is -2.36. The molecule has 0 unspecified atom stereocenters. The average Bonchev–Trinajstić information content (AvgIpc) is 2.60. The number of nitrogens with zero attached hydrogens (tertiary/aromatic N) is 2. The Balaban J connectivity index is 2.08. The lowest BCUT2D eigenvalue weighted by Gasteiger charge is -2.21. The number of anilines is 1. The molecule has 2 rings (SSSR count). The standard InChI is InChI=1S/C16H14N4O5/c17-7-4-8-20(11-5-2-1-3-6-11)14(22)10-25-15(23)12-9-13(21)19-16(24)18-12/h1-3,5-6,9H,4,8,10H2,(H2,18,19,21,24). The van der Waals surface area contributed by atoms with Crippen LogP contribution < -0.4 is 16.1 Å². The molecule has 0 spiro atoms. The normalized spacial score (nSPS) is 9.88. The topological polar surface area (TPSA) is 136 Å². The molecule has 9 nitrogen and oxygen atoms in total. The number of hydrogen-bond acceptors (Lipinski definition) is 6. The van der Waals surface area contributed by atoms with Gasteiger partial charge in [0, 0.05) is 18.3 Å². The molecule has 1 amide bonds. The number of para-hydroxylation sites is 1. The van der Waals surface area contributed by atoms with Gasteiger partial charge in [0.05, 0.1) is 12.5 Å². The van der Waals surface area contributed by atoms with E-state index in [1.165, 1.54) is 4.90 Å². The van der Waals surface area contributed by atoms with Crippen molar-refractivity contribution in [3.05, 3.63) is 62.9 Å². The Hall–Kier alpha value is -3.67. The monoisotopic (exact) mass is 342 g/mol. The van der Waals surface area contributed by atoms with Crippen LogP contribution in [0.3, 0.4) is 0 Å². The van der Waals surface area contributed by atoms with Gasteiger partial charge in [-0.1, -0.05) is 18.2 Å². The van der Waals surface area contributed by atoms with Crippen LogP contribution in [0.2, 0.25) is 0 Å². The summed E-state index contributed by atoms with van der Waals surface area (Å²) in [4.78, 5) is 51.8. The predicted octanol–water partition coefficient (Wildman–Crippen LogP) is 0.167.